The number of furan rings is 1. The highest BCUT2D eigenvalue weighted by atomic mass is 16.5. The molecule has 0 saturated carbocycles. The monoisotopic (exact) mass is 289 g/mol. The molecule has 1 aromatic heterocycles. The summed E-state index contributed by atoms with van der Waals surface area (Å²) >= 11 is 0. The Labute approximate surface area is 122 Å². The molecule has 1 unspecified atom stereocenters. The van der Waals surface area contributed by atoms with E-state index in [0.717, 1.165) is 22.1 Å². The molecule has 2 N–H and O–H groups in total. The van der Waals surface area contributed by atoms with Gasteiger partial charge in [-0.3, -0.25) is 4.79 Å². The summed E-state index contributed by atoms with van der Waals surface area (Å²) in [5.41, 5.74) is 1.85. The number of aryl methyl sites for hydroxylation is 1. The van der Waals surface area contributed by atoms with Gasteiger partial charge in [-0.2, -0.15) is 0 Å². The van der Waals surface area contributed by atoms with Crippen molar-refractivity contribution >= 4 is 16.9 Å². The second kappa shape index (κ2) is 5.50. The van der Waals surface area contributed by atoms with Crippen LogP contribution in [0.2, 0.25) is 0 Å². The minimum absolute atomic E-state index is 0.126. The molecule has 1 aliphatic rings. The highest BCUT2D eigenvalue weighted by molar-refractivity contribution is 5.87. The van der Waals surface area contributed by atoms with E-state index in [9.17, 15) is 9.90 Å². The highest BCUT2D eigenvalue weighted by Gasteiger charge is 2.32. The number of hydrogen-bond donors (Lipinski definition) is 2. The number of carbonyl (C=O) groups excluding carboxylic acids is 1. The van der Waals surface area contributed by atoms with Gasteiger partial charge in [0.15, 0.2) is 0 Å². The molecule has 5 heteroatoms. The summed E-state index contributed by atoms with van der Waals surface area (Å²) in [6.07, 6.45) is 2.42. The van der Waals surface area contributed by atoms with Crippen LogP contribution >= 0.6 is 0 Å². The SMILES string of the molecule is Cc1ccc2c(CC(=O)NCC3(O)CCOC3)coc2c1. The molecule has 112 valence electrons. The van der Waals surface area contributed by atoms with Gasteiger partial charge in [0.1, 0.15) is 11.2 Å². The number of aliphatic hydroxyl groups is 1. The first kappa shape index (κ1) is 14.1. The first-order valence-corrected chi connectivity index (χ1v) is 7.09. The molecule has 1 aromatic carbocycles. The second-order valence-corrected chi connectivity index (χ2v) is 5.74. The van der Waals surface area contributed by atoms with E-state index in [0.29, 0.717) is 13.0 Å². The Morgan fingerprint density at radius 2 is 2.33 bits per heavy atom. The van der Waals surface area contributed by atoms with Gasteiger partial charge in [-0.25, -0.2) is 0 Å². The van der Waals surface area contributed by atoms with Crippen LogP contribution in [0, 0.1) is 6.92 Å². The predicted molar refractivity (Wildman–Crippen MR) is 78.1 cm³/mol. The van der Waals surface area contributed by atoms with Gasteiger partial charge in [-0.05, 0) is 18.6 Å². The standard InChI is InChI=1S/C16H19NO4/c1-11-2-3-13-12(8-21-14(13)6-11)7-15(18)17-9-16(19)4-5-20-10-16/h2-3,6,8,19H,4-5,7,9-10H2,1H3,(H,17,18). The van der Waals surface area contributed by atoms with Gasteiger partial charge < -0.3 is 19.6 Å². The van der Waals surface area contributed by atoms with E-state index in [1.807, 2.05) is 25.1 Å². The Hall–Kier alpha value is -1.85. The zero-order valence-corrected chi connectivity index (χ0v) is 12.0. The minimum Gasteiger partial charge on any atom is -0.464 e. The van der Waals surface area contributed by atoms with E-state index < -0.39 is 5.60 Å². The predicted octanol–water partition coefficient (Wildman–Crippen LogP) is 1.55. The van der Waals surface area contributed by atoms with Crippen LogP contribution in [-0.2, 0) is 16.0 Å². The van der Waals surface area contributed by atoms with Crippen LogP contribution < -0.4 is 5.32 Å². The summed E-state index contributed by atoms with van der Waals surface area (Å²) in [5, 5.41) is 13.8. The van der Waals surface area contributed by atoms with Crippen LogP contribution in [0.25, 0.3) is 11.0 Å². The Morgan fingerprint density at radius 3 is 3.10 bits per heavy atom. The fourth-order valence-electron chi connectivity index (χ4n) is 2.56. The van der Waals surface area contributed by atoms with Crippen LogP contribution in [0.3, 0.4) is 0 Å². The van der Waals surface area contributed by atoms with E-state index in [1.54, 1.807) is 6.26 Å². The van der Waals surface area contributed by atoms with Crippen molar-refractivity contribution in [3.05, 3.63) is 35.6 Å². The Morgan fingerprint density at radius 1 is 1.48 bits per heavy atom. The van der Waals surface area contributed by atoms with Gasteiger partial charge in [-0.15, -0.1) is 0 Å². The first-order valence-electron chi connectivity index (χ1n) is 7.09. The number of fused-ring (bicyclic) bond motifs is 1. The van der Waals surface area contributed by atoms with Gasteiger partial charge in [0, 0.05) is 30.5 Å². The third-order valence-electron chi connectivity index (χ3n) is 3.86. The number of nitrogens with one attached hydrogen (secondary N) is 1. The van der Waals surface area contributed by atoms with Crippen LogP contribution in [0.1, 0.15) is 17.5 Å². The lowest BCUT2D eigenvalue weighted by atomic mass is 10.0. The molecule has 21 heavy (non-hydrogen) atoms. The smallest absolute Gasteiger partial charge is 0.224 e. The number of benzene rings is 1. The lowest BCUT2D eigenvalue weighted by Gasteiger charge is -2.20. The topological polar surface area (TPSA) is 71.7 Å². The number of carbonyl (C=O) groups is 1. The normalized spacial score (nSPS) is 21.8. The van der Waals surface area contributed by atoms with Gasteiger partial charge in [0.25, 0.3) is 0 Å². The molecule has 2 aromatic rings. The van der Waals surface area contributed by atoms with Crippen molar-refractivity contribution in [3.63, 3.8) is 0 Å². The van der Waals surface area contributed by atoms with Crippen molar-refractivity contribution in [1.29, 1.82) is 0 Å². The first-order chi connectivity index (χ1) is 10.1. The lowest BCUT2D eigenvalue weighted by Crippen LogP contribution is -2.43. The van der Waals surface area contributed by atoms with Crippen LogP contribution in [0.15, 0.2) is 28.9 Å². The number of hydrogen-bond acceptors (Lipinski definition) is 4. The summed E-state index contributed by atoms with van der Waals surface area (Å²) in [5.74, 6) is -0.126. The molecule has 1 saturated heterocycles. The molecular weight excluding hydrogens is 270 g/mol. The maximum atomic E-state index is 12.0. The van der Waals surface area contributed by atoms with Gasteiger partial charge in [0.2, 0.25) is 5.91 Å². The van der Waals surface area contributed by atoms with Gasteiger partial charge >= 0.3 is 0 Å². The second-order valence-electron chi connectivity index (χ2n) is 5.74. The molecule has 3 rings (SSSR count). The van der Waals surface area contributed by atoms with Crippen LogP contribution in [0.4, 0.5) is 0 Å². The van der Waals surface area contributed by atoms with Gasteiger partial charge in [-0.1, -0.05) is 12.1 Å². The fourth-order valence-corrected chi connectivity index (χ4v) is 2.56. The summed E-state index contributed by atoms with van der Waals surface area (Å²) in [4.78, 5) is 12.0. The molecule has 0 bridgehead atoms. The Bertz CT molecular complexity index is 655. The average Bonchev–Trinajstić information content (AvgIpc) is 3.04. The quantitative estimate of drug-likeness (QED) is 0.896. The number of amides is 1. The van der Waals surface area contributed by atoms with Crippen LogP contribution in [-0.4, -0.2) is 36.4 Å². The largest absolute Gasteiger partial charge is 0.464 e. The molecule has 0 aliphatic carbocycles. The van der Waals surface area contributed by atoms with Crippen molar-refractivity contribution in [3.8, 4) is 0 Å². The van der Waals surface area contributed by atoms with Crippen molar-refractivity contribution in [2.75, 3.05) is 19.8 Å². The highest BCUT2D eigenvalue weighted by Crippen LogP contribution is 2.23. The van der Waals surface area contributed by atoms with E-state index in [4.69, 9.17) is 9.15 Å². The summed E-state index contributed by atoms with van der Waals surface area (Å²) < 4.78 is 10.6. The van der Waals surface area contributed by atoms with E-state index in [2.05, 4.69) is 5.32 Å². The zero-order valence-electron chi connectivity index (χ0n) is 12.0. The lowest BCUT2D eigenvalue weighted by molar-refractivity contribution is -0.121. The third-order valence-corrected chi connectivity index (χ3v) is 3.86. The molecule has 5 nitrogen and oxygen atoms in total. The number of rotatable bonds is 4. The molecular formula is C16H19NO4. The molecule has 2 heterocycles. The third kappa shape index (κ3) is 3.09. The van der Waals surface area contributed by atoms with Crippen molar-refractivity contribution in [1.82, 2.24) is 5.32 Å². The molecule has 0 spiro atoms. The molecule has 1 atom stereocenters. The van der Waals surface area contributed by atoms with E-state index in [-0.39, 0.29) is 25.5 Å². The number of ether oxygens (including phenoxy) is 1. The molecule has 1 aliphatic heterocycles. The van der Waals surface area contributed by atoms with E-state index >= 15 is 0 Å². The Kier molecular flexibility index (Phi) is 3.69. The average molecular weight is 289 g/mol. The summed E-state index contributed by atoms with van der Waals surface area (Å²) in [6, 6.07) is 5.92. The van der Waals surface area contributed by atoms with Crippen molar-refractivity contribution in [2.24, 2.45) is 0 Å². The maximum Gasteiger partial charge on any atom is 0.224 e. The summed E-state index contributed by atoms with van der Waals surface area (Å²) in [7, 11) is 0. The van der Waals surface area contributed by atoms with Crippen molar-refractivity contribution in [2.45, 2.75) is 25.4 Å². The molecule has 1 fully saturated rings. The fraction of sp³-hybridized carbons (Fsp3) is 0.438. The summed E-state index contributed by atoms with van der Waals surface area (Å²) in [6.45, 7) is 3.04. The molecule has 0 radical (unpaired) electrons. The van der Waals surface area contributed by atoms with Gasteiger partial charge in [0.05, 0.1) is 19.3 Å². The zero-order chi connectivity index (χ0) is 14.9. The maximum absolute atomic E-state index is 12.0. The Balaban J connectivity index is 1.63. The van der Waals surface area contributed by atoms with Crippen molar-refractivity contribution < 1.29 is 19.1 Å². The van der Waals surface area contributed by atoms with Crippen LogP contribution in [0.5, 0.6) is 0 Å². The van der Waals surface area contributed by atoms with E-state index in [1.165, 1.54) is 0 Å². The molecule has 1 amide bonds. The minimum atomic E-state index is -0.925.